The summed E-state index contributed by atoms with van der Waals surface area (Å²) in [6.45, 7) is 0. The van der Waals surface area contributed by atoms with E-state index in [2.05, 4.69) is 5.32 Å². The Balaban J connectivity index is 1.50. The third-order valence-corrected chi connectivity index (χ3v) is 4.62. The van der Waals surface area contributed by atoms with Gasteiger partial charge in [0.2, 0.25) is 0 Å². The van der Waals surface area contributed by atoms with Crippen molar-refractivity contribution in [1.29, 1.82) is 0 Å². The topological polar surface area (TPSA) is 66.4 Å². The maximum Gasteiger partial charge on any atom is 0.335 e. The Kier molecular flexibility index (Phi) is 4.60. The summed E-state index contributed by atoms with van der Waals surface area (Å²) in [5, 5.41) is 14.0. The minimum Gasteiger partial charge on any atom is -0.478 e. The number of rotatable bonds is 4. The summed E-state index contributed by atoms with van der Waals surface area (Å²) in [5.41, 5.74) is 3.41. The highest BCUT2D eigenvalue weighted by atomic mass is 16.4. The fourth-order valence-electron chi connectivity index (χ4n) is 3.09. The number of hydrogen-bond acceptors (Lipinski definition) is 2. The summed E-state index contributed by atoms with van der Waals surface area (Å²) >= 11 is 0. The molecule has 4 rings (SSSR count). The van der Waals surface area contributed by atoms with Crippen LogP contribution >= 0.6 is 0 Å². The van der Waals surface area contributed by atoms with Crippen LogP contribution in [-0.4, -0.2) is 17.0 Å². The first-order chi connectivity index (χ1) is 13.6. The van der Waals surface area contributed by atoms with Crippen molar-refractivity contribution in [1.82, 2.24) is 0 Å². The SMILES string of the molecule is O=C(O)c1ccc(-c2ccc(NC(=O)c3ccc4ccccc4c3)cc2)cc1. The van der Waals surface area contributed by atoms with Gasteiger partial charge in [0.1, 0.15) is 0 Å². The molecule has 0 saturated carbocycles. The lowest BCUT2D eigenvalue weighted by molar-refractivity contribution is 0.0696. The Morgan fingerprint density at radius 2 is 1.21 bits per heavy atom. The Labute approximate surface area is 162 Å². The minimum atomic E-state index is -0.946. The Bertz CT molecular complexity index is 1160. The van der Waals surface area contributed by atoms with Crippen LogP contribution in [0.1, 0.15) is 20.7 Å². The number of carbonyl (C=O) groups excluding carboxylic acids is 1. The van der Waals surface area contributed by atoms with Crippen LogP contribution in [0, 0.1) is 0 Å². The maximum absolute atomic E-state index is 12.5. The zero-order valence-corrected chi connectivity index (χ0v) is 14.9. The summed E-state index contributed by atoms with van der Waals surface area (Å²) in [5.74, 6) is -1.11. The van der Waals surface area contributed by atoms with E-state index in [-0.39, 0.29) is 11.5 Å². The van der Waals surface area contributed by atoms with E-state index in [1.165, 1.54) is 0 Å². The van der Waals surface area contributed by atoms with Gasteiger partial charge in [-0.3, -0.25) is 4.79 Å². The molecule has 0 fully saturated rings. The molecule has 1 amide bonds. The van der Waals surface area contributed by atoms with E-state index in [9.17, 15) is 9.59 Å². The number of hydrogen-bond donors (Lipinski definition) is 2. The first-order valence-electron chi connectivity index (χ1n) is 8.84. The van der Waals surface area contributed by atoms with Crippen molar-refractivity contribution in [2.24, 2.45) is 0 Å². The first-order valence-corrected chi connectivity index (χ1v) is 8.84. The molecule has 28 heavy (non-hydrogen) atoms. The quantitative estimate of drug-likeness (QED) is 0.503. The third kappa shape index (κ3) is 3.62. The molecule has 0 atom stereocenters. The predicted octanol–water partition coefficient (Wildman–Crippen LogP) is 5.46. The zero-order chi connectivity index (χ0) is 19.5. The van der Waals surface area contributed by atoms with Gasteiger partial charge in [-0.05, 0) is 58.3 Å². The summed E-state index contributed by atoms with van der Waals surface area (Å²) in [7, 11) is 0. The van der Waals surface area contributed by atoms with E-state index in [1.807, 2.05) is 66.7 Å². The number of fused-ring (bicyclic) bond motifs is 1. The molecule has 0 spiro atoms. The van der Waals surface area contributed by atoms with Gasteiger partial charge in [-0.2, -0.15) is 0 Å². The average Bonchev–Trinajstić information content (AvgIpc) is 2.74. The van der Waals surface area contributed by atoms with Gasteiger partial charge in [-0.25, -0.2) is 4.79 Å². The molecule has 0 saturated heterocycles. The number of carboxylic acid groups (broad SMARTS) is 1. The van der Waals surface area contributed by atoms with Crippen molar-refractivity contribution in [2.45, 2.75) is 0 Å². The number of anilines is 1. The zero-order valence-electron chi connectivity index (χ0n) is 14.9. The number of amides is 1. The smallest absolute Gasteiger partial charge is 0.335 e. The second kappa shape index (κ2) is 7.37. The summed E-state index contributed by atoms with van der Waals surface area (Å²) < 4.78 is 0. The van der Waals surface area contributed by atoms with E-state index in [4.69, 9.17) is 5.11 Å². The van der Waals surface area contributed by atoms with Gasteiger partial charge in [0, 0.05) is 11.3 Å². The molecule has 4 aromatic carbocycles. The molecule has 136 valence electrons. The van der Waals surface area contributed by atoms with Crippen LogP contribution in [0.2, 0.25) is 0 Å². The van der Waals surface area contributed by atoms with Crippen LogP contribution in [-0.2, 0) is 0 Å². The van der Waals surface area contributed by atoms with Crippen LogP contribution < -0.4 is 5.32 Å². The number of aromatic carboxylic acids is 1. The lowest BCUT2D eigenvalue weighted by atomic mass is 10.0. The predicted molar refractivity (Wildman–Crippen MR) is 111 cm³/mol. The van der Waals surface area contributed by atoms with Crippen molar-refractivity contribution in [3.8, 4) is 11.1 Å². The summed E-state index contributed by atoms with van der Waals surface area (Å²) in [4.78, 5) is 23.5. The second-order valence-electron chi connectivity index (χ2n) is 6.48. The fourth-order valence-corrected chi connectivity index (χ4v) is 3.09. The Morgan fingerprint density at radius 1 is 0.643 bits per heavy atom. The van der Waals surface area contributed by atoms with Gasteiger partial charge >= 0.3 is 5.97 Å². The lowest BCUT2D eigenvalue weighted by Crippen LogP contribution is -2.11. The van der Waals surface area contributed by atoms with E-state index in [0.29, 0.717) is 11.3 Å². The van der Waals surface area contributed by atoms with E-state index in [1.54, 1.807) is 24.3 Å². The van der Waals surface area contributed by atoms with Crippen LogP contribution in [0.3, 0.4) is 0 Å². The number of carboxylic acids is 1. The summed E-state index contributed by atoms with van der Waals surface area (Å²) in [6, 6.07) is 27.7. The minimum absolute atomic E-state index is 0.163. The molecule has 4 heteroatoms. The van der Waals surface area contributed by atoms with Gasteiger partial charge in [-0.15, -0.1) is 0 Å². The molecular formula is C24H17NO3. The highest BCUT2D eigenvalue weighted by Gasteiger charge is 2.08. The van der Waals surface area contributed by atoms with Gasteiger partial charge in [0.15, 0.2) is 0 Å². The molecule has 4 nitrogen and oxygen atoms in total. The Hall–Kier alpha value is -3.92. The van der Waals surface area contributed by atoms with Crippen LogP contribution in [0.15, 0.2) is 91.0 Å². The number of benzene rings is 4. The van der Waals surface area contributed by atoms with Crippen molar-refractivity contribution >= 4 is 28.3 Å². The molecule has 0 aliphatic heterocycles. The molecular weight excluding hydrogens is 350 g/mol. The van der Waals surface area contributed by atoms with Crippen LogP contribution in [0.5, 0.6) is 0 Å². The van der Waals surface area contributed by atoms with Crippen molar-refractivity contribution < 1.29 is 14.7 Å². The molecule has 4 aromatic rings. The van der Waals surface area contributed by atoms with Gasteiger partial charge < -0.3 is 10.4 Å². The van der Waals surface area contributed by atoms with Gasteiger partial charge in [-0.1, -0.05) is 54.6 Å². The monoisotopic (exact) mass is 367 g/mol. The molecule has 0 aliphatic rings. The highest BCUT2D eigenvalue weighted by molar-refractivity contribution is 6.06. The summed E-state index contributed by atoms with van der Waals surface area (Å²) in [6.07, 6.45) is 0. The number of carbonyl (C=O) groups is 2. The maximum atomic E-state index is 12.5. The molecule has 0 unspecified atom stereocenters. The molecule has 0 bridgehead atoms. The molecule has 0 aliphatic carbocycles. The molecule has 2 N–H and O–H groups in total. The molecule has 0 radical (unpaired) electrons. The molecule has 0 aromatic heterocycles. The number of nitrogens with one attached hydrogen (secondary N) is 1. The van der Waals surface area contributed by atoms with E-state index >= 15 is 0 Å². The van der Waals surface area contributed by atoms with E-state index < -0.39 is 5.97 Å². The van der Waals surface area contributed by atoms with Gasteiger partial charge in [0.05, 0.1) is 5.56 Å². The molecule has 0 heterocycles. The lowest BCUT2D eigenvalue weighted by Gasteiger charge is -2.08. The largest absolute Gasteiger partial charge is 0.478 e. The fraction of sp³-hybridized carbons (Fsp3) is 0. The average molecular weight is 367 g/mol. The van der Waals surface area contributed by atoms with Gasteiger partial charge in [0.25, 0.3) is 5.91 Å². The standard InChI is InChI=1S/C24H17NO3/c26-23(21-10-7-16-3-1-2-4-20(16)15-21)25-22-13-11-18(12-14-22)17-5-8-19(9-6-17)24(27)28/h1-15H,(H,25,26)(H,27,28). The first kappa shape index (κ1) is 17.5. The second-order valence-corrected chi connectivity index (χ2v) is 6.48. The Morgan fingerprint density at radius 3 is 1.86 bits per heavy atom. The normalized spacial score (nSPS) is 10.6. The van der Waals surface area contributed by atoms with Crippen molar-refractivity contribution in [3.05, 3.63) is 102 Å². The van der Waals surface area contributed by atoms with Crippen LogP contribution in [0.25, 0.3) is 21.9 Å². The van der Waals surface area contributed by atoms with E-state index in [0.717, 1.165) is 21.9 Å². The van der Waals surface area contributed by atoms with Crippen molar-refractivity contribution in [2.75, 3.05) is 5.32 Å². The third-order valence-electron chi connectivity index (χ3n) is 4.62. The highest BCUT2D eigenvalue weighted by Crippen LogP contribution is 2.23. The van der Waals surface area contributed by atoms with Crippen LogP contribution in [0.4, 0.5) is 5.69 Å². The van der Waals surface area contributed by atoms with Crippen molar-refractivity contribution in [3.63, 3.8) is 0 Å².